The molecule has 3 rings (SSSR count). The van der Waals surface area contributed by atoms with Crippen molar-refractivity contribution in [3.63, 3.8) is 0 Å². The highest BCUT2D eigenvalue weighted by Gasteiger charge is 2.50. The van der Waals surface area contributed by atoms with E-state index in [1.807, 2.05) is 0 Å². The highest BCUT2D eigenvalue weighted by atomic mass is 32.2. The minimum atomic E-state index is -1.29. The van der Waals surface area contributed by atoms with Crippen LogP contribution in [-0.4, -0.2) is 45.7 Å². The second-order valence-corrected chi connectivity index (χ2v) is 6.72. The number of thioether (sulfide) groups is 1. The zero-order valence-corrected chi connectivity index (χ0v) is 15.4. The summed E-state index contributed by atoms with van der Waals surface area (Å²) in [5.74, 6) is -0.508. The average molecular weight is 387 g/mol. The number of carbonyl (C=O) groups is 3. The van der Waals surface area contributed by atoms with Gasteiger partial charge in [-0.3, -0.25) is 15.0 Å². The fourth-order valence-corrected chi connectivity index (χ4v) is 3.10. The Morgan fingerprint density at radius 3 is 2.56 bits per heavy atom. The maximum Gasteiger partial charge on any atom is 0.344 e. The number of ether oxygens (including phenoxy) is 1. The maximum atomic E-state index is 12.8. The fraction of sp³-hybridized carbons (Fsp3) is 0.235. The molecule has 0 aliphatic carbocycles. The molecule has 1 aliphatic rings. The normalized spacial score (nSPS) is 19.0. The third-order valence-corrected chi connectivity index (χ3v) is 4.84. The number of hydrogen-bond donors (Lipinski definition) is 2. The van der Waals surface area contributed by atoms with Crippen LogP contribution in [0.4, 0.5) is 4.79 Å². The molecule has 9 nitrogen and oxygen atoms in total. The van der Waals surface area contributed by atoms with Gasteiger partial charge in [0.2, 0.25) is 5.91 Å². The van der Waals surface area contributed by atoms with Gasteiger partial charge in [0.15, 0.2) is 5.16 Å². The molecule has 1 aromatic carbocycles. The van der Waals surface area contributed by atoms with E-state index >= 15 is 0 Å². The second kappa shape index (κ2) is 7.62. The van der Waals surface area contributed by atoms with Gasteiger partial charge in [-0.2, -0.15) is 5.01 Å². The fourth-order valence-electron chi connectivity index (χ4n) is 2.51. The number of nitrogens with zero attached hydrogens (tertiary/aromatic N) is 3. The van der Waals surface area contributed by atoms with Crippen LogP contribution in [-0.2, 0) is 15.1 Å². The molecule has 27 heavy (non-hydrogen) atoms. The van der Waals surface area contributed by atoms with E-state index in [0.29, 0.717) is 21.5 Å². The minimum absolute atomic E-state index is 0.0413. The zero-order valence-electron chi connectivity index (χ0n) is 14.6. The van der Waals surface area contributed by atoms with E-state index in [9.17, 15) is 14.4 Å². The predicted molar refractivity (Wildman–Crippen MR) is 96.6 cm³/mol. The highest BCUT2D eigenvalue weighted by Crippen LogP contribution is 2.29. The summed E-state index contributed by atoms with van der Waals surface area (Å²) in [6, 6.07) is 7.72. The number of benzene rings is 1. The van der Waals surface area contributed by atoms with E-state index < -0.39 is 23.4 Å². The van der Waals surface area contributed by atoms with Gasteiger partial charge in [0.25, 0.3) is 5.91 Å². The first-order valence-electron chi connectivity index (χ1n) is 7.94. The van der Waals surface area contributed by atoms with E-state index in [4.69, 9.17) is 4.74 Å². The highest BCUT2D eigenvalue weighted by molar-refractivity contribution is 7.99. The average Bonchev–Trinajstić information content (AvgIpc) is 2.91. The van der Waals surface area contributed by atoms with Crippen molar-refractivity contribution in [3.8, 4) is 5.75 Å². The lowest BCUT2D eigenvalue weighted by atomic mass is 9.92. The summed E-state index contributed by atoms with van der Waals surface area (Å²) in [5.41, 5.74) is 1.62. The number of rotatable bonds is 6. The van der Waals surface area contributed by atoms with Crippen LogP contribution in [0.25, 0.3) is 0 Å². The molecular formula is C17H17N5O4S. The molecule has 4 amide bonds. The number of aromatic nitrogens is 2. The maximum absolute atomic E-state index is 12.8. The van der Waals surface area contributed by atoms with Crippen LogP contribution >= 0.6 is 11.8 Å². The molecule has 1 atom stereocenters. The first-order chi connectivity index (χ1) is 12.9. The molecule has 2 aromatic rings. The summed E-state index contributed by atoms with van der Waals surface area (Å²) >= 11 is 1.10. The minimum Gasteiger partial charge on any atom is -0.497 e. The Morgan fingerprint density at radius 1 is 1.26 bits per heavy atom. The molecule has 1 aliphatic heterocycles. The number of imide groups is 1. The smallest absolute Gasteiger partial charge is 0.344 e. The Bertz CT molecular complexity index is 861. The largest absolute Gasteiger partial charge is 0.497 e. The molecule has 0 bridgehead atoms. The van der Waals surface area contributed by atoms with Crippen LogP contribution in [0.5, 0.6) is 5.75 Å². The molecule has 0 spiro atoms. The molecule has 1 fully saturated rings. The number of nitrogens with one attached hydrogen (secondary N) is 2. The SMILES string of the molecule is COc1ccc([C@@]2(C)NC(=O)N(NC(=O)CSc3ncccn3)C2=O)cc1. The van der Waals surface area contributed by atoms with Crippen molar-refractivity contribution < 1.29 is 19.1 Å². The lowest BCUT2D eigenvalue weighted by Crippen LogP contribution is -2.48. The summed E-state index contributed by atoms with van der Waals surface area (Å²) in [4.78, 5) is 45.1. The topological polar surface area (TPSA) is 114 Å². The zero-order chi connectivity index (χ0) is 19.4. The molecule has 0 unspecified atom stereocenters. The van der Waals surface area contributed by atoms with Gasteiger partial charge in [-0.25, -0.2) is 14.8 Å². The van der Waals surface area contributed by atoms with Crippen molar-refractivity contribution in [1.82, 2.24) is 25.7 Å². The molecule has 1 saturated heterocycles. The van der Waals surface area contributed by atoms with Crippen LogP contribution in [0.15, 0.2) is 47.9 Å². The first kappa shape index (κ1) is 18.6. The third kappa shape index (κ3) is 3.85. The lowest BCUT2D eigenvalue weighted by Gasteiger charge is -2.22. The summed E-state index contributed by atoms with van der Waals surface area (Å²) in [5, 5.41) is 3.73. The molecule has 0 radical (unpaired) electrons. The molecule has 0 saturated carbocycles. The summed E-state index contributed by atoms with van der Waals surface area (Å²) < 4.78 is 5.10. The van der Waals surface area contributed by atoms with E-state index in [1.54, 1.807) is 49.6 Å². The van der Waals surface area contributed by atoms with Crippen molar-refractivity contribution in [2.24, 2.45) is 0 Å². The van der Waals surface area contributed by atoms with Gasteiger partial charge in [-0.1, -0.05) is 23.9 Å². The molecular weight excluding hydrogens is 370 g/mol. The van der Waals surface area contributed by atoms with Crippen molar-refractivity contribution in [2.45, 2.75) is 17.6 Å². The number of urea groups is 1. The van der Waals surface area contributed by atoms with Gasteiger partial charge in [-0.05, 0) is 30.7 Å². The summed E-state index contributed by atoms with van der Waals surface area (Å²) in [7, 11) is 1.54. The third-order valence-electron chi connectivity index (χ3n) is 3.97. The second-order valence-electron chi connectivity index (χ2n) is 5.78. The van der Waals surface area contributed by atoms with Crippen molar-refractivity contribution in [1.29, 1.82) is 0 Å². The number of carbonyl (C=O) groups excluding carboxylic acids is 3. The van der Waals surface area contributed by atoms with Crippen LogP contribution in [0.3, 0.4) is 0 Å². The number of methoxy groups -OCH3 is 1. The van der Waals surface area contributed by atoms with Gasteiger partial charge >= 0.3 is 6.03 Å². The van der Waals surface area contributed by atoms with Crippen molar-refractivity contribution in [3.05, 3.63) is 48.3 Å². The Labute approximate surface area is 159 Å². The van der Waals surface area contributed by atoms with Gasteiger partial charge in [0, 0.05) is 12.4 Å². The molecule has 10 heteroatoms. The van der Waals surface area contributed by atoms with E-state index in [-0.39, 0.29) is 5.75 Å². The molecule has 1 aromatic heterocycles. The van der Waals surface area contributed by atoms with Crippen molar-refractivity contribution in [2.75, 3.05) is 12.9 Å². The Balaban J connectivity index is 1.67. The Kier molecular flexibility index (Phi) is 5.26. The molecule has 2 heterocycles. The summed E-state index contributed by atoms with van der Waals surface area (Å²) in [6.45, 7) is 1.58. The number of hydrogen-bond acceptors (Lipinski definition) is 7. The molecule has 140 valence electrons. The van der Waals surface area contributed by atoms with Gasteiger partial charge < -0.3 is 10.1 Å². The number of hydrazine groups is 1. The van der Waals surface area contributed by atoms with Crippen LogP contribution < -0.4 is 15.5 Å². The van der Waals surface area contributed by atoms with Gasteiger partial charge in [-0.15, -0.1) is 0 Å². The van der Waals surface area contributed by atoms with Gasteiger partial charge in [0.1, 0.15) is 11.3 Å². The van der Waals surface area contributed by atoms with Crippen LogP contribution in [0.1, 0.15) is 12.5 Å². The predicted octanol–water partition coefficient (Wildman–Crippen LogP) is 1.08. The quantitative estimate of drug-likeness (QED) is 0.433. The molecule has 2 N–H and O–H groups in total. The Hall–Kier alpha value is -3.14. The van der Waals surface area contributed by atoms with Crippen molar-refractivity contribution >= 4 is 29.6 Å². The van der Waals surface area contributed by atoms with Gasteiger partial charge in [0.05, 0.1) is 12.9 Å². The van der Waals surface area contributed by atoms with Crippen LogP contribution in [0, 0.1) is 0 Å². The number of amides is 4. The van der Waals surface area contributed by atoms with E-state index in [1.165, 1.54) is 7.11 Å². The summed E-state index contributed by atoms with van der Waals surface area (Å²) in [6.07, 6.45) is 3.12. The standard InChI is InChI=1S/C17H17N5O4S/c1-17(11-4-6-12(26-2)7-5-11)14(24)22(16(25)20-17)21-13(23)10-27-15-18-8-3-9-19-15/h3-9H,10H2,1-2H3,(H,20,25)(H,21,23)/t17-/m1/s1. The van der Waals surface area contributed by atoms with Crippen LogP contribution in [0.2, 0.25) is 0 Å². The Morgan fingerprint density at radius 2 is 1.93 bits per heavy atom. The van der Waals surface area contributed by atoms with E-state index in [0.717, 1.165) is 11.8 Å². The van der Waals surface area contributed by atoms with E-state index in [2.05, 4.69) is 20.7 Å². The first-order valence-corrected chi connectivity index (χ1v) is 8.93. The monoisotopic (exact) mass is 387 g/mol. The lowest BCUT2D eigenvalue weighted by molar-refractivity contribution is -0.138.